The topological polar surface area (TPSA) is 101 Å². The Morgan fingerprint density at radius 3 is 2.44 bits per heavy atom. The molecule has 0 aliphatic carbocycles. The van der Waals surface area contributed by atoms with Gasteiger partial charge in [0, 0.05) is 5.56 Å². The molecule has 7 nitrogen and oxygen atoms in total. The number of hydrogen-bond acceptors (Lipinski definition) is 7. The van der Waals surface area contributed by atoms with E-state index in [1.165, 1.54) is 18.0 Å². The molecule has 1 aliphatic rings. The highest BCUT2D eigenvalue weighted by Gasteiger charge is 2.46. The van der Waals surface area contributed by atoms with Crippen molar-refractivity contribution in [2.75, 3.05) is 12.4 Å². The lowest BCUT2D eigenvalue weighted by molar-refractivity contribution is -0.178. The lowest BCUT2D eigenvalue weighted by Crippen LogP contribution is -2.55. The zero-order valence-electron chi connectivity index (χ0n) is 14.2. The van der Waals surface area contributed by atoms with E-state index in [1.54, 1.807) is 0 Å². The van der Waals surface area contributed by atoms with Gasteiger partial charge in [-0.3, -0.25) is 0 Å². The first-order valence-corrected chi connectivity index (χ1v) is 9.23. The molecule has 2 heterocycles. The van der Waals surface area contributed by atoms with Crippen LogP contribution in [0.4, 0.5) is 13.2 Å². The summed E-state index contributed by atoms with van der Waals surface area (Å²) < 4.78 is 46.7. The van der Waals surface area contributed by atoms with E-state index in [0.29, 0.717) is 5.75 Å². The number of thioether (sulfide) groups is 1. The predicted octanol–water partition coefficient (Wildman–Crippen LogP) is 1.10. The molecule has 0 spiro atoms. The minimum atomic E-state index is -1.59. The van der Waals surface area contributed by atoms with Gasteiger partial charge in [0.2, 0.25) is 0 Å². The van der Waals surface area contributed by atoms with Crippen LogP contribution in [-0.2, 0) is 4.74 Å². The van der Waals surface area contributed by atoms with Crippen molar-refractivity contribution in [2.24, 2.45) is 0 Å². The highest BCUT2D eigenvalue weighted by Crippen LogP contribution is 2.35. The fraction of sp³-hybridized carbons (Fsp3) is 0.500. The summed E-state index contributed by atoms with van der Waals surface area (Å²) >= 11 is 1.29. The molecule has 1 aromatic heterocycles. The van der Waals surface area contributed by atoms with Gasteiger partial charge in [-0.15, -0.1) is 16.9 Å². The number of aromatic nitrogens is 3. The van der Waals surface area contributed by atoms with Crippen LogP contribution in [0.1, 0.15) is 13.0 Å². The van der Waals surface area contributed by atoms with Crippen LogP contribution in [0.15, 0.2) is 18.3 Å². The molecule has 3 N–H and O–H groups in total. The lowest BCUT2D eigenvalue weighted by Gasteiger charge is -2.41. The highest BCUT2D eigenvalue weighted by atomic mass is 32.2. The Kier molecular flexibility index (Phi) is 6.06. The fourth-order valence-electron chi connectivity index (χ4n) is 2.94. The first-order chi connectivity index (χ1) is 12.9. The van der Waals surface area contributed by atoms with Gasteiger partial charge in [0.05, 0.1) is 12.8 Å². The molecule has 2 aromatic rings. The summed E-state index contributed by atoms with van der Waals surface area (Å²) in [5.74, 6) is -3.71. The van der Waals surface area contributed by atoms with Crippen LogP contribution in [0.2, 0.25) is 0 Å². The van der Waals surface area contributed by atoms with Crippen LogP contribution >= 0.6 is 11.8 Å². The van der Waals surface area contributed by atoms with E-state index in [0.717, 1.165) is 16.8 Å². The molecule has 0 bridgehead atoms. The maximum absolute atomic E-state index is 13.4. The summed E-state index contributed by atoms with van der Waals surface area (Å²) in [6, 6.07) is 0.544. The van der Waals surface area contributed by atoms with Crippen LogP contribution in [0.5, 0.6) is 0 Å². The van der Waals surface area contributed by atoms with Crippen molar-refractivity contribution in [3.05, 3.63) is 35.8 Å². The zero-order chi connectivity index (χ0) is 19.7. The van der Waals surface area contributed by atoms with E-state index in [1.807, 2.05) is 6.92 Å². The van der Waals surface area contributed by atoms with Crippen LogP contribution < -0.4 is 0 Å². The van der Waals surface area contributed by atoms with Gasteiger partial charge in [0.25, 0.3) is 0 Å². The molecule has 1 fully saturated rings. The summed E-state index contributed by atoms with van der Waals surface area (Å²) in [6.45, 7) is 1.39. The van der Waals surface area contributed by atoms with Gasteiger partial charge in [0.1, 0.15) is 35.5 Å². The average Bonchev–Trinajstić information content (AvgIpc) is 3.11. The Hall–Kier alpha value is -1.66. The molecular weight excluding hydrogens is 387 g/mol. The van der Waals surface area contributed by atoms with E-state index in [9.17, 15) is 28.5 Å². The molecule has 2 unspecified atom stereocenters. The SMILES string of the molecule is CCS[C@H]1OC(CO)[C@H](O)C(n2cc(-c3cc(F)c(F)c(F)c3)nn2)[C@@H]1O. The van der Waals surface area contributed by atoms with E-state index in [-0.39, 0.29) is 11.3 Å². The summed E-state index contributed by atoms with van der Waals surface area (Å²) in [5, 5.41) is 38.0. The summed E-state index contributed by atoms with van der Waals surface area (Å²) in [7, 11) is 0. The van der Waals surface area contributed by atoms with Crippen molar-refractivity contribution in [3.63, 3.8) is 0 Å². The van der Waals surface area contributed by atoms with Crippen LogP contribution in [0.3, 0.4) is 0 Å². The number of aliphatic hydroxyl groups is 3. The minimum absolute atomic E-state index is 0.0268. The normalized spacial score (nSPS) is 28.5. The van der Waals surface area contributed by atoms with Crippen molar-refractivity contribution in [3.8, 4) is 11.3 Å². The standard InChI is InChI=1S/C16H18F3N3O4S/c1-2-27-16-15(25)13(14(24)11(6-23)26-16)22-5-10(20-21-22)7-3-8(17)12(19)9(18)4-7/h3-5,11,13-16,23-25H,2,6H2,1H3/t11?,13?,14-,15-,16+/m0/s1. The quantitative estimate of drug-likeness (QED) is 0.641. The van der Waals surface area contributed by atoms with Crippen LogP contribution in [0.25, 0.3) is 11.3 Å². The van der Waals surface area contributed by atoms with Gasteiger partial charge in [-0.05, 0) is 17.9 Å². The van der Waals surface area contributed by atoms with Crippen LogP contribution in [0, 0.1) is 17.5 Å². The van der Waals surface area contributed by atoms with E-state index >= 15 is 0 Å². The van der Waals surface area contributed by atoms with E-state index < -0.39 is 53.8 Å². The number of halogens is 3. The maximum atomic E-state index is 13.4. The third kappa shape index (κ3) is 3.83. The minimum Gasteiger partial charge on any atom is -0.394 e. The second kappa shape index (κ2) is 8.15. The number of benzene rings is 1. The molecule has 3 rings (SSSR count). The smallest absolute Gasteiger partial charge is 0.194 e. The first kappa shape index (κ1) is 20.1. The van der Waals surface area contributed by atoms with Gasteiger partial charge in [-0.1, -0.05) is 12.1 Å². The molecular formula is C16H18F3N3O4S. The molecule has 148 valence electrons. The zero-order valence-corrected chi connectivity index (χ0v) is 15.0. The summed E-state index contributed by atoms with van der Waals surface area (Å²) in [4.78, 5) is 0. The fourth-order valence-corrected chi connectivity index (χ4v) is 3.85. The third-order valence-electron chi connectivity index (χ3n) is 4.27. The van der Waals surface area contributed by atoms with Crippen molar-refractivity contribution in [1.82, 2.24) is 15.0 Å². The summed E-state index contributed by atoms with van der Waals surface area (Å²) in [6.07, 6.45) is -2.15. The number of nitrogens with zero attached hydrogens (tertiary/aromatic N) is 3. The molecule has 0 saturated carbocycles. The first-order valence-electron chi connectivity index (χ1n) is 8.18. The van der Waals surface area contributed by atoms with E-state index in [2.05, 4.69) is 10.3 Å². The Morgan fingerprint density at radius 1 is 1.19 bits per heavy atom. The summed E-state index contributed by atoms with van der Waals surface area (Å²) in [5.41, 5.74) is -0.736. The monoisotopic (exact) mass is 405 g/mol. The molecule has 1 aliphatic heterocycles. The maximum Gasteiger partial charge on any atom is 0.194 e. The van der Waals surface area contributed by atoms with Crippen molar-refractivity contribution < 1.29 is 33.2 Å². The Morgan fingerprint density at radius 2 is 1.85 bits per heavy atom. The Labute approximate surface area is 156 Å². The van der Waals surface area contributed by atoms with Crippen molar-refractivity contribution >= 4 is 11.8 Å². The van der Waals surface area contributed by atoms with E-state index in [4.69, 9.17) is 4.74 Å². The van der Waals surface area contributed by atoms with Gasteiger partial charge >= 0.3 is 0 Å². The second-order valence-electron chi connectivity index (χ2n) is 5.99. The number of aliphatic hydroxyl groups excluding tert-OH is 3. The van der Waals surface area contributed by atoms with Gasteiger partial charge in [-0.2, -0.15) is 0 Å². The van der Waals surface area contributed by atoms with Crippen molar-refractivity contribution in [2.45, 2.75) is 36.7 Å². The molecule has 0 radical (unpaired) electrons. The van der Waals surface area contributed by atoms with Gasteiger partial charge in [0.15, 0.2) is 17.5 Å². The Balaban J connectivity index is 1.93. The molecule has 0 amide bonds. The van der Waals surface area contributed by atoms with Crippen LogP contribution in [-0.4, -0.2) is 66.4 Å². The lowest BCUT2D eigenvalue weighted by atomic mass is 9.97. The van der Waals surface area contributed by atoms with Gasteiger partial charge in [-0.25, -0.2) is 17.9 Å². The molecule has 1 saturated heterocycles. The van der Waals surface area contributed by atoms with Gasteiger partial charge < -0.3 is 20.1 Å². The molecule has 5 atom stereocenters. The average molecular weight is 405 g/mol. The molecule has 11 heteroatoms. The van der Waals surface area contributed by atoms with Crippen molar-refractivity contribution in [1.29, 1.82) is 0 Å². The number of rotatable bonds is 5. The molecule has 1 aromatic carbocycles. The number of hydrogen-bond donors (Lipinski definition) is 3. The predicted molar refractivity (Wildman–Crippen MR) is 90.3 cm³/mol. The largest absolute Gasteiger partial charge is 0.394 e. The third-order valence-corrected chi connectivity index (χ3v) is 5.33. The highest BCUT2D eigenvalue weighted by molar-refractivity contribution is 7.99. The number of ether oxygens (including phenoxy) is 1. The Bertz CT molecular complexity index is 786. The molecule has 27 heavy (non-hydrogen) atoms. The second-order valence-corrected chi connectivity index (χ2v) is 7.37.